The lowest BCUT2D eigenvalue weighted by molar-refractivity contribution is 0.00578. The highest BCUT2D eigenvalue weighted by molar-refractivity contribution is 6.45. The van der Waals surface area contributed by atoms with E-state index >= 15 is 0 Å². The lowest BCUT2D eigenvalue weighted by atomic mass is 9.80. The van der Waals surface area contributed by atoms with E-state index in [2.05, 4.69) is 52.2 Å². The number of rotatable bonds is 9. The van der Waals surface area contributed by atoms with Gasteiger partial charge in [-0.3, -0.25) is 4.84 Å². The highest BCUT2D eigenvalue weighted by Crippen LogP contribution is 2.41. The van der Waals surface area contributed by atoms with Crippen LogP contribution < -0.4 is 5.48 Å². The Morgan fingerprint density at radius 2 is 1.75 bits per heavy atom. The molecule has 0 aromatic heterocycles. The lowest BCUT2D eigenvalue weighted by Gasteiger charge is -2.32. The first-order valence-electron chi connectivity index (χ1n) is 11.0. The Labute approximate surface area is 171 Å². The molecule has 28 heavy (non-hydrogen) atoms. The van der Waals surface area contributed by atoms with E-state index in [1.807, 2.05) is 18.2 Å². The molecule has 1 N–H and O–H groups in total. The molecular weight excluding hydrogens is 349 g/mol. The summed E-state index contributed by atoms with van der Waals surface area (Å²) in [4.78, 5) is 5.66. The predicted molar refractivity (Wildman–Crippen MR) is 115 cm³/mol. The molecule has 0 amide bonds. The molecule has 1 aliphatic heterocycles. The summed E-state index contributed by atoms with van der Waals surface area (Å²) in [6, 6.07) is 10.3. The first-order chi connectivity index (χ1) is 13.3. The third kappa shape index (κ3) is 5.59. The molecule has 1 unspecified atom stereocenters. The van der Waals surface area contributed by atoms with Crippen molar-refractivity contribution in [3.05, 3.63) is 35.9 Å². The van der Waals surface area contributed by atoms with Crippen molar-refractivity contribution in [3.63, 3.8) is 0 Å². The van der Waals surface area contributed by atoms with Gasteiger partial charge in [0.05, 0.1) is 17.8 Å². The maximum atomic E-state index is 6.13. The largest absolute Gasteiger partial charge is 0.457 e. The summed E-state index contributed by atoms with van der Waals surface area (Å²) < 4.78 is 12.3. The smallest absolute Gasteiger partial charge is 0.403 e. The molecule has 4 nitrogen and oxygen atoms in total. The van der Waals surface area contributed by atoms with Gasteiger partial charge in [-0.25, -0.2) is 5.48 Å². The van der Waals surface area contributed by atoms with Crippen molar-refractivity contribution in [1.29, 1.82) is 0 Å². The molecule has 1 aliphatic carbocycles. The number of hydroxylamine groups is 1. The fourth-order valence-corrected chi connectivity index (χ4v) is 4.56. The highest BCUT2D eigenvalue weighted by atomic mass is 16.7. The first kappa shape index (κ1) is 21.8. The van der Waals surface area contributed by atoms with Gasteiger partial charge in [-0.05, 0) is 70.2 Å². The van der Waals surface area contributed by atoms with Crippen LogP contribution in [0.2, 0.25) is 6.32 Å². The second kappa shape index (κ2) is 9.29. The van der Waals surface area contributed by atoms with Gasteiger partial charge in [-0.1, -0.05) is 50.1 Å². The molecule has 2 aliphatic rings. The standard InChI is InChI=1S/C23H38BNO3/c1-18-14-20(16-25-26-17-19-10-7-6-8-11-19)15-21(18)12-9-13-24-27-22(2,3)23(4,5)28-24/h6-8,10-11,18,20-21,25H,9,12-17H2,1-5H3/t18-,20?,21+/m0/s1. The molecule has 3 atom stereocenters. The van der Waals surface area contributed by atoms with Gasteiger partial charge in [0, 0.05) is 6.54 Å². The van der Waals surface area contributed by atoms with E-state index in [9.17, 15) is 0 Å². The quantitative estimate of drug-likeness (QED) is 0.357. The van der Waals surface area contributed by atoms with Crippen LogP contribution in [0.25, 0.3) is 0 Å². The number of nitrogens with one attached hydrogen (secondary N) is 1. The van der Waals surface area contributed by atoms with Gasteiger partial charge in [-0.15, -0.1) is 0 Å². The monoisotopic (exact) mass is 387 g/mol. The van der Waals surface area contributed by atoms with E-state index in [1.54, 1.807) is 0 Å². The third-order valence-corrected chi connectivity index (χ3v) is 7.02. The predicted octanol–water partition coefficient (Wildman–Crippen LogP) is 5.24. The minimum atomic E-state index is -0.213. The topological polar surface area (TPSA) is 39.7 Å². The number of benzene rings is 1. The molecule has 0 bridgehead atoms. The summed E-state index contributed by atoms with van der Waals surface area (Å²) in [6.45, 7) is 12.5. The van der Waals surface area contributed by atoms with Crippen LogP contribution in [0.1, 0.15) is 65.9 Å². The Balaban J connectivity index is 1.31. The molecule has 156 valence electrons. The first-order valence-corrected chi connectivity index (χ1v) is 11.0. The summed E-state index contributed by atoms with van der Waals surface area (Å²) in [5.74, 6) is 2.31. The van der Waals surface area contributed by atoms with Crippen molar-refractivity contribution < 1.29 is 14.1 Å². The molecule has 1 saturated heterocycles. The lowest BCUT2D eigenvalue weighted by Crippen LogP contribution is -2.41. The molecule has 5 heteroatoms. The van der Waals surface area contributed by atoms with Crippen LogP contribution in [0.5, 0.6) is 0 Å². The van der Waals surface area contributed by atoms with E-state index in [-0.39, 0.29) is 18.3 Å². The van der Waals surface area contributed by atoms with Gasteiger partial charge < -0.3 is 9.31 Å². The maximum Gasteiger partial charge on any atom is 0.457 e. The number of hydrogen-bond donors (Lipinski definition) is 1. The Hall–Kier alpha value is -0.875. The van der Waals surface area contributed by atoms with Crippen LogP contribution in [0.3, 0.4) is 0 Å². The number of hydrogen-bond acceptors (Lipinski definition) is 4. The molecule has 1 heterocycles. The van der Waals surface area contributed by atoms with Crippen molar-refractivity contribution >= 4 is 7.12 Å². The van der Waals surface area contributed by atoms with Gasteiger partial charge in [0.25, 0.3) is 0 Å². The van der Waals surface area contributed by atoms with Crippen LogP contribution in [0, 0.1) is 17.8 Å². The SMILES string of the molecule is C[C@H]1CC(CNOCc2ccccc2)C[C@H]1CCCB1OC(C)(C)C(C)(C)O1. The van der Waals surface area contributed by atoms with Gasteiger partial charge in [-0.2, -0.15) is 0 Å². The summed E-state index contributed by atoms with van der Waals surface area (Å²) in [5, 5.41) is 0. The van der Waals surface area contributed by atoms with Crippen molar-refractivity contribution in [2.24, 2.45) is 17.8 Å². The van der Waals surface area contributed by atoms with Crippen molar-refractivity contribution in [2.45, 2.75) is 84.4 Å². The molecule has 1 aromatic rings. The fraction of sp³-hybridized carbons (Fsp3) is 0.739. The van der Waals surface area contributed by atoms with Crippen LogP contribution in [0.15, 0.2) is 30.3 Å². The summed E-state index contributed by atoms with van der Waals surface area (Å²) in [7, 11) is -0.0504. The summed E-state index contributed by atoms with van der Waals surface area (Å²) >= 11 is 0. The second-order valence-corrected chi connectivity index (χ2v) is 9.81. The van der Waals surface area contributed by atoms with Gasteiger partial charge >= 0.3 is 7.12 Å². The van der Waals surface area contributed by atoms with Crippen molar-refractivity contribution in [2.75, 3.05) is 6.54 Å². The van der Waals surface area contributed by atoms with Gasteiger partial charge in [0.15, 0.2) is 0 Å². The zero-order valence-electron chi connectivity index (χ0n) is 18.4. The molecule has 0 radical (unpaired) electrons. The molecule has 1 aromatic carbocycles. The normalized spacial score (nSPS) is 28.8. The summed E-state index contributed by atoms with van der Waals surface area (Å²) in [5.41, 5.74) is 3.97. The zero-order chi connectivity index (χ0) is 20.2. The fourth-order valence-electron chi connectivity index (χ4n) is 4.56. The summed E-state index contributed by atoms with van der Waals surface area (Å²) in [6.07, 6.45) is 6.04. The van der Waals surface area contributed by atoms with E-state index in [1.165, 1.54) is 31.2 Å². The van der Waals surface area contributed by atoms with Crippen molar-refractivity contribution in [1.82, 2.24) is 5.48 Å². The Kier molecular flexibility index (Phi) is 7.24. The maximum absolute atomic E-state index is 6.13. The average molecular weight is 387 g/mol. The highest BCUT2D eigenvalue weighted by Gasteiger charge is 2.50. The van der Waals surface area contributed by atoms with E-state index in [0.717, 1.165) is 24.7 Å². The Bertz CT molecular complexity index is 591. The average Bonchev–Trinajstić information content (AvgIpc) is 3.08. The van der Waals surface area contributed by atoms with E-state index in [0.29, 0.717) is 12.5 Å². The van der Waals surface area contributed by atoms with Crippen LogP contribution >= 0.6 is 0 Å². The Morgan fingerprint density at radius 1 is 1.07 bits per heavy atom. The van der Waals surface area contributed by atoms with E-state index in [4.69, 9.17) is 14.1 Å². The minimum absolute atomic E-state index is 0.0504. The third-order valence-electron chi connectivity index (χ3n) is 7.02. The molecule has 1 saturated carbocycles. The van der Waals surface area contributed by atoms with Crippen molar-refractivity contribution in [3.8, 4) is 0 Å². The van der Waals surface area contributed by atoms with Gasteiger partial charge in [0.2, 0.25) is 0 Å². The molecule has 3 rings (SSSR count). The van der Waals surface area contributed by atoms with Gasteiger partial charge in [0.1, 0.15) is 0 Å². The van der Waals surface area contributed by atoms with E-state index < -0.39 is 0 Å². The van der Waals surface area contributed by atoms with Crippen LogP contribution in [-0.2, 0) is 20.8 Å². The molecule has 2 fully saturated rings. The minimum Gasteiger partial charge on any atom is -0.403 e. The molecule has 0 spiro atoms. The molecular formula is C23H38BNO3. The Morgan fingerprint density at radius 3 is 2.43 bits per heavy atom. The van der Waals surface area contributed by atoms with Crippen LogP contribution in [-0.4, -0.2) is 24.9 Å². The second-order valence-electron chi connectivity index (χ2n) is 9.81. The van der Waals surface area contributed by atoms with Crippen LogP contribution in [0.4, 0.5) is 0 Å². The zero-order valence-corrected chi connectivity index (χ0v) is 18.4.